The number of amides is 1. The lowest BCUT2D eigenvalue weighted by molar-refractivity contribution is -0.274. The SMILES string of the molecule is CCC[C@@H](CNc1ccc(OC(F)(F)F)cc1)NC(=O)O. The largest absolute Gasteiger partial charge is 0.573 e. The van der Waals surface area contributed by atoms with Crippen molar-refractivity contribution in [3.63, 3.8) is 0 Å². The fraction of sp³-hybridized carbons (Fsp3) is 0.462. The Morgan fingerprint density at radius 1 is 1.33 bits per heavy atom. The minimum absolute atomic E-state index is 0.265. The van der Waals surface area contributed by atoms with Crippen LogP contribution < -0.4 is 15.4 Å². The Bertz CT molecular complexity index is 449. The van der Waals surface area contributed by atoms with Gasteiger partial charge in [0.2, 0.25) is 0 Å². The summed E-state index contributed by atoms with van der Waals surface area (Å²) >= 11 is 0. The molecule has 0 bridgehead atoms. The highest BCUT2D eigenvalue weighted by atomic mass is 19.4. The zero-order valence-electron chi connectivity index (χ0n) is 11.4. The van der Waals surface area contributed by atoms with E-state index in [0.717, 1.165) is 6.42 Å². The molecule has 118 valence electrons. The molecule has 0 aliphatic carbocycles. The van der Waals surface area contributed by atoms with Crippen molar-refractivity contribution < 1.29 is 27.8 Å². The van der Waals surface area contributed by atoms with Crippen LogP contribution in [0.4, 0.5) is 23.7 Å². The molecule has 0 aliphatic heterocycles. The van der Waals surface area contributed by atoms with Gasteiger partial charge in [-0.3, -0.25) is 0 Å². The van der Waals surface area contributed by atoms with Crippen molar-refractivity contribution in [1.82, 2.24) is 5.32 Å². The maximum atomic E-state index is 12.0. The molecule has 0 spiro atoms. The number of benzene rings is 1. The van der Waals surface area contributed by atoms with Gasteiger partial charge in [0.15, 0.2) is 0 Å². The number of carboxylic acid groups (broad SMARTS) is 1. The molecule has 0 heterocycles. The van der Waals surface area contributed by atoms with E-state index in [4.69, 9.17) is 5.11 Å². The number of hydrogen-bond acceptors (Lipinski definition) is 3. The van der Waals surface area contributed by atoms with Gasteiger partial charge in [0.25, 0.3) is 0 Å². The fourth-order valence-electron chi connectivity index (χ4n) is 1.76. The summed E-state index contributed by atoms with van der Waals surface area (Å²) in [5.74, 6) is -0.304. The van der Waals surface area contributed by atoms with E-state index in [1.807, 2.05) is 6.92 Å². The predicted molar refractivity (Wildman–Crippen MR) is 71.5 cm³/mol. The van der Waals surface area contributed by atoms with Gasteiger partial charge in [-0.25, -0.2) is 4.79 Å². The molecule has 0 aromatic heterocycles. The number of hydrogen-bond donors (Lipinski definition) is 3. The second-order valence-corrected chi connectivity index (χ2v) is 4.39. The average Bonchev–Trinajstić information content (AvgIpc) is 2.35. The summed E-state index contributed by atoms with van der Waals surface area (Å²) in [4.78, 5) is 10.6. The first kappa shape index (κ1) is 16.9. The molecular formula is C13H17F3N2O3. The normalized spacial score (nSPS) is 12.6. The number of carbonyl (C=O) groups is 1. The Morgan fingerprint density at radius 3 is 2.43 bits per heavy atom. The summed E-state index contributed by atoms with van der Waals surface area (Å²) in [7, 11) is 0. The molecule has 1 rings (SSSR count). The molecule has 0 fully saturated rings. The van der Waals surface area contributed by atoms with Gasteiger partial charge in [-0.15, -0.1) is 13.2 Å². The van der Waals surface area contributed by atoms with Crippen molar-refractivity contribution in [3.8, 4) is 5.75 Å². The smallest absolute Gasteiger partial charge is 0.465 e. The molecule has 0 aliphatic rings. The van der Waals surface area contributed by atoms with E-state index >= 15 is 0 Å². The molecular weight excluding hydrogens is 289 g/mol. The zero-order chi connectivity index (χ0) is 15.9. The van der Waals surface area contributed by atoms with E-state index in [0.29, 0.717) is 18.7 Å². The van der Waals surface area contributed by atoms with E-state index in [-0.39, 0.29) is 11.8 Å². The Morgan fingerprint density at radius 2 is 1.95 bits per heavy atom. The topological polar surface area (TPSA) is 70.6 Å². The minimum Gasteiger partial charge on any atom is -0.465 e. The number of halogens is 3. The Labute approximate surface area is 120 Å². The van der Waals surface area contributed by atoms with Gasteiger partial charge in [0, 0.05) is 18.3 Å². The zero-order valence-corrected chi connectivity index (χ0v) is 11.4. The maximum Gasteiger partial charge on any atom is 0.573 e. The summed E-state index contributed by atoms with van der Waals surface area (Å²) in [5.41, 5.74) is 0.581. The molecule has 1 atom stereocenters. The van der Waals surface area contributed by atoms with Crippen LogP contribution in [-0.2, 0) is 0 Å². The van der Waals surface area contributed by atoms with Crippen LogP contribution in [0.2, 0.25) is 0 Å². The highest BCUT2D eigenvalue weighted by Gasteiger charge is 2.30. The summed E-state index contributed by atoms with van der Waals surface area (Å²) in [6, 6.07) is 4.99. The predicted octanol–water partition coefficient (Wildman–Crippen LogP) is 3.43. The molecule has 3 N–H and O–H groups in total. The van der Waals surface area contributed by atoms with Gasteiger partial charge in [0.05, 0.1) is 0 Å². The molecule has 1 aromatic rings. The Hall–Kier alpha value is -2.12. The van der Waals surface area contributed by atoms with Crippen LogP contribution in [0.1, 0.15) is 19.8 Å². The molecule has 0 unspecified atom stereocenters. The van der Waals surface area contributed by atoms with Crippen molar-refractivity contribution >= 4 is 11.8 Å². The molecule has 0 saturated carbocycles. The summed E-state index contributed by atoms with van der Waals surface area (Å²) < 4.78 is 39.8. The molecule has 8 heteroatoms. The van der Waals surface area contributed by atoms with Gasteiger partial charge in [-0.1, -0.05) is 13.3 Å². The molecule has 5 nitrogen and oxygen atoms in total. The first-order chi connectivity index (χ1) is 9.80. The highest BCUT2D eigenvalue weighted by Crippen LogP contribution is 2.23. The van der Waals surface area contributed by atoms with Gasteiger partial charge in [-0.2, -0.15) is 0 Å². The number of anilines is 1. The monoisotopic (exact) mass is 306 g/mol. The van der Waals surface area contributed by atoms with Crippen molar-refractivity contribution in [1.29, 1.82) is 0 Å². The quantitative estimate of drug-likeness (QED) is 0.722. The van der Waals surface area contributed by atoms with Gasteiger partial charge in [-0.05, 0) is 30.7 Å². The average molecular weight is 306 g/mol. The molecule has 0 saturated heterocycles. The van der Waals surface area contributed by atoms with Crippen LogP contribution in [0.3, 0.4) is 0 Å². The number of ether oxygens (including phenoxy) is 1. The minimum atomic E-state index is -4.72. The highest BCUT2D eigenvalue weighted by molar-refractivity contribution is 5.65. The maximum absolute atomic E-state index is 12.0. The lowest BCUT2D eigenvalue weighted by Gasteiger charge is -2.17. The van der Waals surface area contributed by atoms with Crippen molar-refractivity contribution in [3.05, 3.63) is 24.3 Å². The number of alkyl halides is 3. The van der Waals surface area contributed by atoms with Crippen molar-refractivity contribution in [2.75, 3.05) is 11.9 Å². The van der Waals surface area contributed by atoms with E-state index in [2.05, 4.69) is 15.4 Å². The standard InChI is InChI=1S/C13H17F3N2O3/c1-2-3-10(18-12(19)20)8-17-9-4-6-11(7-5-9)21-13(14,15)16/h4-7,10,17-18H,2-3,8H2,1H3,(H,19,20)/t10-/m0/s1. The molecule has 1 aromatic carbocycles. The first-order valence-corrected chi connectivity index (χ1v) is 6.39. The number of nitrogens with one attached hydrogen (secondary N) is 2. The van der Waals surface area contributed by atoms with Crippen molar-refractivity contribution in [2.24, 2.45) is 0 Å². The van der Waals surface area contributed by atoms with E-state index in [1.165, 1.54) is 24.3 Å². The third kappa shape index (κ3) is 7.28. The summed E-state index contributed by atoms with van der Waals surface area (Å²) in [6.07, 6.45) is -4.35. The van der Waals surface area contributed by atoms with Gasteiger partial charge >= 0.3 is 12.5 Å². The van der Waals surface area contributed by atoms with Gasteiger partial charge < -0.3 is 20.5 Å². The van der Waals surface area contributed by atoms with Crippen LogP contribution in [0.25, 0.3) is 0 Å². The number of rotatable bonds is 7. The summed E-state index contributed by atoms with van der Waals surface area (Å²) in [6.45, 7) is 2.28. The first-order valence-electron chi connectivity index (χ1n) is 6.39. The lowest BCUT2D eigenvalue weighted by atomic mass is 10.1. The fourth-order valence-corrected chi connectivity index (χ4v) is 1.76. The van der Waals surface area contributed by atoms with Crippen LogP contribution >= 0.6 is 0 Å². The second kappa shape index (κ2) is 7.61. The second-order valence-electron chi connectivity index (χ2n) is 4.39. The van der Waals surface area contributed by atoms with Crippen LogP contribution in [0, 0.1) is 0 Å². The third-order valence-corrected chi connectivity index (χ3v) is 2.61. The lowest BCUT2D eigenvalue weighted by Crippen LogP contribution is -2.38. The molecule has 1 amide bonds. The van der Waals surface area contributed by atoms with Crippen LogP contribution in [0.5, 0.6) is 5.75 Å². The van der Waals surface area contributed by atoms with E-state index in [1.54, 1.807) is 0 Å². The Kier molecular flexibility index (Phi) is 6.13. The van der Waals surface area contributed by atoms with E-state index < -0.39 is 12.5 Å². The summed E-state index contributed by atoms with van der Waals surface area (Å²) in [5, 5.41) is 14.0. The van der Waals surface area contributed by atoms with E-state index in [9.17, 15) is 18.0 Å². The molecule has 0 radical (unpaired) electrons. The Balaban J connectivity index is 2.52. The van der Waals surface area contributed by atoms with Gasteiger partial charge in [0.1, 0.15) is 5.75 Å². The van der Waals surface area contributed by atoms with Crippen LogP contribution in [0.15, 0.2) is 24.3 Å². The molecule has 21 heavy (non-hydrogen) atoms. The third-order valence-electron chi connectivity index (χ3n) is 2.61. The van der Waals surface area contributed by atoms with Crippen LogP contribution in [-0.4, -0.2) is 30.1 Å². The van der Waals surface area contributed by atoms with Crippen molar-refractivity contribution in [2.45, 2.75) is 32.2 Å².